The van der Waals surface area contributed by atoms with Gasteiger partial charge in [0.15, 0.2) is 6.61 Å². The summed E-state index contributed by atoms with van der Waals surface area (Å²) in [6, 6.07) is 14.2. The number of amides is 2. The SMILES string of the molecule is C[C@H](C(=O)NC(C)(C)C)N(Cc1ccccc1)C(=O)COc1ccc(F)cc1. The van der Waals surface area contributed by atoms with Crippen LogP contribution in [-0.2, 0) is 16.1 Å². The Kier molecular flexibility index (Phi) is 7.15. The second-order valence-electron chi connectivity index (χ2n) is 7.67. The number of ether oxygens (including phenoxy) is 1. The van der Waals surface area contributed by atoms with Crippen LogP contribution in [0.2, 0.25) is 0 Å². The largest absolute Gasteiger partial charge is 0.484 e. The number of carbonyl (C=O) groups is 2. The molecule has 2 rings (SSSR count). The van der Waals surface area contributed by atoms with Crippen molar-refractivity contribution < 1.29 is 18.7 Å². The summed E-state index contributed by atoms with van der Waals surface area (Å²) in [7, 11) is 0. The Morgan fingerprint density at radius 1 is 1.07 bits per heavy atom. The third-order valence-corrected chi connectivity index (χ3v) is 4.04. The lowest BCUT2D eigenvalue weighted by atomic mass is 10.1. The van der Waals surface area contributed by atoms with E-state index in [0.29, 0.717) is 5.75 Å². The molecule has 0 radical (unpaired) electrons. The van der Waals surface area contributed by atoms with Crippen LogP contribution in [0.5, 0.6) is 5.75 Å². The highest BCUT2D eigenvalue weighted by Crippen LogP contribution is 2.14. The number of nitrogens with zero attached hydrogens (tertiary/aromatic N) is 1. The number of nitrogens with one attached hydrogen (secondary N) is 1. The van der Waals surface area contributed by atoms with Gasteiger partial charge in [-0.3, -0.25) is 9.59 Å². The molecule has 150 valence electrons. The van der Waals surface area contributed by atoms with E-state index in [-0.39, 0.29) is 30.8 Å². The molecular formula is C22H27FN2O3. The zero-order valence-electron chi connectivity index (χ0n) is 16.7. The number of carbonyl (C=O) groups excluding carboxylic acids is 2. The zero-order chi connectivity index (χ0) is 20.7. The fourth-order valence-corrected chi connectivity index (χ4v) is 2.60. The summed E-state index contributed by atoms with van der Waals surface area (Å²) < 4.78 is 18.5. The van der Waals surface area contributed by atoms with Crippen LogP contribution in [0.3, 0.4) is 0 Å². The minimum Gasteiger partial charge on any atom is -0.484 e. The maximum Gasteiger partial charge on any atom is 0.261 e. The van der Waals surface area contributed by atoms with Crippen LogP contribution in [0, 0.1) is 5.82 Å². The lowest BCUT2D eigenvalue weighted by Crippen LogP contribution is -2.53. The molecule has 0 spiro atoms. The summed E-state index contributed by atoms with van der Waals surface area (Å²) in [6.45, 7) is 7.40. The molecule has 0 aliphatic heterocycles. The summed E-state index contributed by atoms with van der Waals surface area (Å²) in [5.41, 5.74) is 0.505. The van der Waals surface area contributed by atoms with Crippen molar-refractivity contribution in [1.82, 2.24) is 10.2 Å². The highest BCUT2D eigenvalue weighted by atomic mass is 19.1. The monoisotopic (exact) mass is 386 g/mol. The molecule has 1 atom stereocenters. The maximum absolute atomic E-state index is 13.0. The van der Waals surface area contributed by atoms with Gasteiger partial charge in [-0.25, -0.2) is 4.39 Å². The van der Waals surface area contributed by atoms with Crippen LogP contribution in [0.15, 0.2) is 54.6 Å². The van der Waals surface area contributed by atoms with Crippen LogP contribution in [-0.4, -0.2) is 34.9 Å². The molecule has 5 nitrogen and oxygen atoms in total. The van der Waals surface area contributed by atoms with Crippen molar-refractivity contribution in [3.8, 4) is 5.75 Å². The Labute approximate surface area is 165 Å². The highest BCUT2D eigenvalue weighted by Gasteiger charge is 2.28. The molecule has 0 aliphatic rings. The first kappa shape index (κ1) is 21.4. The standard InChI is InChI=1S/C22H27FN2O3/c1-16(21(27)24-22(2,3)4)25(14-17-8-6-5-7-9-17)20(26)15-28-19-12-10-18(23)11-13-19/h5-13,16H,14-15H2,1-4H3,(H,24,27)/t16-/m1/s1. The van der Waals surface area contributed by atoms with E-state index < -0.39 is 11.6 Å². The van der Waals surface area contributed by atoms with Crippen LogP contribution in [0.25, 0.3) is 0 Å². The molecule has 6 heteroatoms. The Hall–Kier alpha value is -2.89. The first-order valence-electron chi connectivity index (χ1n) is 9.19. The molecule has 2 aromatic carbocycles. The van der Waals surface area contributed by atoms with Crippen molar-refractivity contribution in [2.45, 2.75) is 45.8 Å². The van der Waals surface area contributed by atoms with E-state index in [1.54, 1.807) is 6.92 Å². The molecule has 0 unspecified atom stereocenters. The normalized spacial score (nSPS) is 12.2. The summed E-state index contributed by atoms with van der Waals surface area (Å²) >= 11 is 0. The summed E-state index contributed by atoms with van der Waals surface area (Å²) in [5, 5.41) is 2.90. The van der Waals surface area contributed by atoms with Gasteiger partial charge in [0.1, 0.15) is 17.6 Å². The van der Waals surface area contributed by atoms with Gasteiger partial charge in [-0.1, -0.05) is 30.3 Å². The van der Waals surface area contributed by atoms with Gasteiger partial charge in [-0.05, 0) is 57.5 Å². The first-order valence-corrected chi connectivity index (χ1v) is 9.19. The minimum absolute atomic E-state index is 0.237. The fraction of sp³-hybridized carbons (Fsp3) is 0.364. The fourth-order valence-electron chi connectivity index (χ4n) is 2.60. The molecule has 28 heavy (non-hydrogen) atoms. The van der Waals surface area contributed by atoms with Gasteiger partial charge in [0, 0.05) is 12.1 Å². The second kappa shape index (κ2) is 9.35. The van der Waals surface area contributed by atoms with Crippen molar-refractivity contribution in [2.24, 2.45) is 0 Å². The number of hydrogen-bond donors (Lipinski definition) is 1. The molecule has 0 heterocycles. The van der Waals surface area contributed by atoms with Crippen molar-refractivity contribution in [3.63, 3.8) is 0 Å². The molecule has 0 bridgehead atoms. The smallest absolute Gasteiger partial charge is 0.261 e. The van der Waals surface area contributed by atoms with Gasteiger partial charge >= 0.3 is 0 Å². The maximum atomic E-state index is 13.0. The Morgan fingerprint density at radius 3 is 2.25 bits per heavy atom. The molecule has 0 aromatic heterocycles. The van der Waals surface area contributed by atoms with Crippen molar-refractivity contribution in [3.05, 3.63) is 66.0 Å². The average Bonchev–Trinajstić information content (AvgIpc) is 2.64. The molecule has 2 aromatic rings. The predicted molar refractivity (Wildman–Crippen MR) is 106 cm³/mol. The second-order valence-corrected chi connectivity index (χ2v) is 7.67. The minimum atomic E-state index is -0.677. The lowest BCUT2D eigenvalue weighted by molar-refractivity contribution is -0.142. The van der Waals surface area contributed by atoms with Crippen LogP contribution in [0.1, 0.15) is 33.3 Å². The van der Waals surface area contributed by atoms with E-state index in [9.17, 15) is 14.0 Å². The number of rotatable bonds is 7. The van der Waals surface area contributed by atoms with Crippen LogP contribution in [0.4, 0.5) is 4.39 Å². The Bertz CT molecular complexity index is 786. The Balaban J connectivity index is 2.12. The van der Waals surface area contributed by atoms with E-state index in [2.05, 4.69) is 5.32 Å². The topological polar surface area (TPSA) is 58.6 Å². The molecular weight excluding hydrogens is 359 g/mol. The molecule has 0 aliphatic carbocycles. The number of benzene rings is 2. The van der Waals surface area contributed by atoms with Crippen molar-refractivity contribution in [1.29, 1.82) is 0 Å². The van der Waals surface area contributed by atoms with Gasteiger partial charge in [0.2, 0.25) is 5.91 Å². The van der Waals surface area contributed by atoms with E-state index in [1.165, 1.54) is 29.2 Å². The third kappa shape index (κ3) is 6.68. The summed E-state index contributed by atoms with van der Waals surface area (Å²) in [4.78, 5) is 27.0. The molecule has 0 saturated carbocycles. The molecule has 0 fully saturated rings. The average molecular weight is 386 g/mol. The quantitative estimate of drug-likeness (QED) is 0.792. The predicted octanol–water partition coefficient (Wildman–Crippen LogP) is 3.54. The van der Waals surface area contributed by atoms with Crippen LogP contribution >= 0.6 is 0 Å². The van der Waals surface area contributed by atoms with Gasteiger partial charge in [-0.15, -0.1) is 0 Å². The Morgan fingerprint density at radius 2 is 1.68 bits per heavy atom. The van der Waals surface area contributed by atoms with E-state index in [4.69, 9.17) is 4.74 Å². The van der Waals surface area contributed by atoms with Gasteiger partial charge in [-0.2, -0.15) is 0 Å². The molecule has 1 N–H and O–H groups in total. The third-order valence-electron chi connectivity index (χ3n) is 4.04. The van der Waals surface area contributed by atoms with E-state index >= 15 is 0 Å². The lowest BCUT2D eigenvalue weighted by Gasteiger charge is -2.31. The molecule has 2 amide bonds. The van der Waals surface area contributed by atoms with Crippen molar-refractivity contribution >= 4 is 11.8 Å². The van der Waals surface area contributed by atoms with Crippen molar-refractivity contribution in [2.75, 3.05) is 6.61 Å². The van der Waals surface area contributed by atoms with E-state index in [0.717, 1.165) is 5.56 Å². The summed E-state index contributed by atoms with van der Waals surface area (Å²) in [5.74, 6) is -0.554. The number of halogens is 1. The zero-order valence-corrected chi connectivity index (χ0v) is 16.7. The highest BCUT2D eigenvalue weighted by molar-refractivity contribution is 5.88. The number of hydrogen-bond acceptors (Lipinski definition) is 3. The van der Waals surface area contributed by atoms with Gasteiger partial charge in [0.05, 0.1) is 0 Å². The van der Waals surface area contributed by atoms with Crippen LogP contribution < -0.4 is 10.1 Å². The molecule has 0 saturated heterocycles. The van der Waals surface area contributed by atoms with E-state index in [1.807, 2.05) is 51.1 Å². The van der Waals surface area contributed by atoms with Gasteiger partial charge in [0.25, 0.3) is 5.91 Å². The first-order chi connectivity index (χ1) is 13.2. The van der Waals surface area contributed by atoms with Gasteiger partial charge < -0.3 is 15.0 Å². The summed E-state index contributed by atoms with van der Waals surface area (Å²) in [6.07, 6.45) is 0.